The lowest BCUT2D eigenvalue weighted by Gasteiger charge is -2.22. The van der Waals surface area contributed by atoms with Crippen LogP contribution in [0, 0.1) is 29.4 Å². The average molecular weight is 992 g/mol. The van der Waals surface area contributed by atoms with E-state index in [9.17, 15) is 56.8 Å². The molecular formula is C43H36ClF10N5O5S2. The van der Waals surface area contributed by atoms with Crippen molar-refractivity contribution in [3.63, 3.8) is 0 Å². The molecule has 352 valence electrons. The van der Waals surface area contributed by atoms with Crippen molar-refractivity contribution in [2.24, 2.45) is 5.92 Å². The first kappa shape index (κ1) is 47.5. The van der Waals surface area contributed by atoms with Crippen LogP contribution in [0.1, 0.15) is 91.0 Å². The van der Waals surface area contributed by atoms with E-state index < -0.39 is 132 Å². The van der Waals surface area contributed by atoms with Crippen molar-refractivity contribution in [1.29, 1.82) is 0 Å². The SMILES string of the molecule is CC(C)(C#Cc1ccc(-c2ccc(Cl)c3c(CS(C)(=O)=O)nn(CC(F)(F)F)c23)c([C@@H](CC(=O)Cn2nc(C(F)(F)F)c3c2C(F)(F)[C@@H]2C[C@H]32)Cc2cc(F)cc(F)c2)n1)S(=O)(=O)C1CC1. The van der Waals surface area contributed by atoms with Gasteiger partial charge in [-0.25, -0.2) is 30.6 Å². The van der Waals surface area contributed by atoms with E-state index in [-0.39, 0.29) is 56.1 Å². The molecule has 66 heavy (non-hydrogen) atoms. The van der Waals surface area contributed by atoms with E-state index in [0.29, 0.717) is 28.3 Å². The van der Waals surface area contributed by atoms with Gasteiger partial charge in [0.05, 0.1) is 32.9 Å². The van der Waals surface area contributed by atoms with Gasteiger partial charge >= 0.3 is 12.4 Å². The number of sulfone groups is 2. The van der Waals surface area contributed by atoms with E-state index >= 15 is 8.78 Å². The van der Waals surface area contributed by atoms with E-state index in [4.69, 9.17) is 11.6 Å². The van der Waals surface area contributed by atoms with Crippen LogP contribution in [0.2, 0.25) is 5.02 Å². The second-order valence-corrected chi connectivity index (χ2v) is 22.8. The third-order valence-corrected chi connectivity index (χ3v) is 15.8. The molecule has 0 bridgehead atoms. The summed E-state index contributed by atoms with van der Waals surface area (Å²) < 4.78 is 196. The maximum absolute atomic E-state index is 15.5. The van der Waals surface area contributed by atoms with Crippen LogP contribution in [0.15, 0.2) is 42.5 Å². The van der Waals surface area contributed by atoms with Crippen molar-refractivity contribution < 1.29 is 65.5 Å². The highest BCUT2D eigenvalue weighted by Gasteiger charge is 2.68. The smallest absolute Gasteiger partial charge is 0.298 e. The number of fused-ring (bicyclic) bond motifs is 4. The average Bonchev–Trinajstić information content (AvgIpc) is 4.09. The Morgan fingerprint density at radius 1 is 0.939 bits per heavy atom. The zero-order valence-corrected chi connectivity index (χ0v) is 37.1. The number of pyridine rings is 1. The highest BCUT2D eigenvalue weighted by molar-refractivity contribution is 7.93. The van der Waals surface area contributed by atoms with Gasteiger partial charge in [-0.3, -0.25) is 14.2 Å². The Kier molecular flexibility index (Phi) is 11.6. The molecule has 23 heteroatoms. The van der Waals surface area contributed by atoms with Gasteiger partial charge in [0.2, 0.25) is 0 Å². The van der Waals surface area contributed by atoms with Gasteiger partial charge in [-0.15, -0.1) is 0 Å². The van der Waals surface area contributed by atoms with Crippen molar-refractivity contribution in [2.75, 3.05) is 6.26 Å². The van der Waals surface area contributed by atoms with E-state index in [1.54, 1.807) is 0 Å². The number of carbonyl (C=O) groups excluding carboxylic acids is 1. The van der Waals surface area contributed by atoms with Crippen LogP contribution >= 0.6 is 11.6 Å². The number of hydrogen-bond donors (Lipinski definition) is 0. The van der Waals surface area contributed by atoms with Gasteiger partial charge in [-0.2, -0.15) is 45.3 Å². The Bertz CT molecular complexity index is 3110. The molecule has 0 amide bonds. The highest BCUT2D eigenvalue weighted by Crippen LogP contribution is 2.68. The summed E-state index contributed by atoms with van der Waals surface area (Å²) in [7, 11) is -7.75. The minimum absolute atomic E-state index is 0.0954. The first-order valence-corrected chi connectivity index (χ1v) is 24.2. The van der Waals surface area contributed by atoms with Crippen LogP contribution in [0.5, 0.6) is 0 Å². The van der Waals surface area contributed by atoms with Gasteiger partial charge in [-0.1, -0.05) is 23.6 Å². The third-order valence-electron chi connectivity index (χ3n) is 11.8. The Morgan fingerprint density at radius 3 is 2.20 bits per heavy atom. The molecule has 8 rings (SSSR count). The molecule has 3 atom stereocenters. The maximum Gasteiger partial charge on any atom is 0.435 e. The van der Waals surface area contributed by atoms with Crippen LogP contribution in [-0.2, 0) is 61.8 Å². The summed E-state index contributed by atoms with van der Waals surface area (Å²) in [6, 6.07) is 7.39. The van der Waals surface area contributed by atoms with E-state index in [0.717, 1.165) is 18.4 Å². The van der Waals surface area contributed by atoms with E-state index in [1.807, 2.05) is 0 Å². The van der Waals surface area contributed by atoms with Gasteiger partial charge in [0.15, 0.2) is 31.2 Å². The van der Waals surface area contributed by atoms with Crippen molar-refractivity contribution in [1.82, 2.24) is 24.5 Å². The molecule has 0 radical (unpaired) electrons. The summed E-state index contributed by atoms with van der Waals surface area (Å²) in [6.45, 7) is -0.163. The number of halogens is 11. The quantitative estimate of drug-likeness (QED) is 0.0843. The van der Waals surface area contributed by atoms with E-state index in [1.165, 1.54) is 38.1 Å². The molecule has 3 heterocycles. The van der Waals surface area contributed by atoms with Crippen LogP contribution in [0.3, 0.4) is 0 Å². The number of aromatic nitrogens is 5. The number of hydrogen-bond acceptors (Lipinski definition) is 8. The summed E-state index contributed by atoms with van der Waals surface area (Å²) >= 11 is 6.53. The van der Waals surface area contributed by atoms with Crippen LogP contribution in [-0.4, -0.2) is 69.6 Å². The monoisotopic (exact) mass is 991 g/mol. The Labute approximate surface area is 375 Å². The molecule has 3 aliphatic rings. The van der Waals surface area contributed by atoms with Crippen LogP contribution < -0.4 is 0 Å². The Balaban J connectivity index is 1.33. The molecule has 0 spiro atoms. The number of rotatable bonds is 13. The van der Waals surface area contributed by atoms with Crippen molar-refractivity contribution >= 4 is 48.0 Å². The van der Waals surface area contributed by atoms with Gasteiger partial charge in [-0.05, 0) is 87.3 Å². The fourth-order valence-corrected chi connectivity index (χ4v) is 11.5. The predicted octanol–water partition coefficient (Wildman–Crippen LogP) is 9.25. The van der Waals surface area contributed by atoms with Crippen LogP contribution in [0.25, 0.3) is 22.0 Å². The largest absolute Gasteiger partial charge is 0.435 e. The first-order chi connectivity index (χ1) is 30.4. The molecule has 5 aromatic rings. The molecule has 0 unspecified atom stereocenters. The normalized spacial score (nSPS) is 18.8. The Morgan fingerprint density at radius 2 is 1.59 bits per heavy atom. The van der Waals surface area contributed by atoms with Crippen molar-refractivity contribution in [3.8, 4) is 23.0 Å². The molecule has 0 N–H and O–H groups in total. The molecular weight excluding hydrogens is 956 g/mol. The van der Waals surface area contributed by atoms with Gasteiger partial charge in [0.1, 0.15) is 40.9 Å². The maximum atomic E-state index is 15.5. The second kappa shape index (κ2) is 16.1. The molecule has 2 fully saturated rings. The number of benzene rings is 2. The number of alkyl halides is 8. The zero-order chi connectivity index (χ0) is 48.3. The third kappa shape index (κ3) is 9.18. The summed E-state index contributed by atoms with van der Waals surface area (Å²) in [6.07, 6.45) is -9.99. The molecule has 2 saturated carbocycles. The standard InChI is InChI=1S/C43H36ClF10N5O5S2/c1-40(2,66(63,64)27-5-6-27)11-10-25-4-7-28(29-8-9-32(44)35-33(19-65(3,61)62)56-59(37(29)35)20-41(47,48)49)36(55-25)22(12-21-13-23(45)16-24(46)14-21)15-26(60)18-58-39-34(38(57-58)43(52,53)54)30-17-31(30)42(39,50)51/h4,7-9,13-14,16,22,27,30-31H,5-6,12,15,17-20H2,1-3H3/t22-,30+,31-/m1/s1. The lowest BCUT2D eigenvalue weighted by molar-refractivity contribution is -0.143. The molecule has 3 aromatic heterocycles. The fourth-order valence-electron chi connectivity index (χ4n) is 8.75. The summed E-state index contributed by atoms with van der Waals surface area (Å²) in [5.74, 6) is -6.38. The van der Waals surface area contributed by atoms with Gasteiger partial charge in [0, 0.05) is 52.7 Å². The molecule has 0 aliphatic heterocycles. The topological polar surface area (TPSA) is 134 Å². The minimum Gasteiger partial charge on any atom is -0.298 e. The zero-order valence-electron chi connectivity index (χ0n) is 34.8. The second-order valence-electron chi connectivity index (χ2n) is 17.5. The number of nitrogens with zero attached hydrogens (tertiary/aromatic N) is 5. The molecule has 2 aromatic carbocycles. The number of carbonyl (C=O) groups is 1. The van der Waals surface area contributed by atoms with Gasteiger partial charge < -0.3 is 0 Å². The molecule has 0 saturated heterocycles. The minimum atomic E-state index is -5.16. The predicted molar refractivity (Wildman–Crippen MR) is 220 cm³/mol. The first-order valence-electron chi connectivity index (χ1n) is 20.2. The Hall–Kier alpha value is -5.01. The van der Waals surface area contributed by atoms with Crippen molar-refractivity contribution in [2.45, 2.75) is 105 Å². The lowest BCUT2D eigenvalue weighted by atomic mass is 9.86. The van der Waals surface area contributed by atoms with Crippen molar-refractivity contribution in [3.05, 3.63) is 98.7 Å². The summed E-state index contributed by atoms with van der Waals surface area (Å²) in [4.78, 5) is 18.8. The fraction of sp³-hybridized carbons (Fsp3) is 0.442. The van der Waals surface area contributed by atoms with E-state index in [2.05, 4.69) is 27.0 Å². The number of ketones is 1. The highest BCUT2D eigenvalue weighted by atomic mass is 35.5. The lowest BCUT2D eigenvalue weighted by Crippen LogP contribution is -2.33. The molecule has 3 aliphatic carbocycles. The van der Waals surface area contributed by atoms with Crippen LogP contribution in [0.4, 0.5) is 43.9 Å². The number of Topliss-reactive ketones (excluding diaryl/α,β-unsaturated/α-hetero) is 1. The summed E-state index contributed by atoms with van der Waals surface area (Å²) in [5, 5.41) is 6.36. The molecule has 10 nitrogen and oxygen atoms in total. The summed E-state index contributed by atoms with van der Waals surface area (Å²) in [5.41, 5.74) is -4.81. The van der Waals surface area contributed by atoms with Gasteiger partial charge in [0.25, 0.3) is 5.92 Å².